The molecule has 0 atom stereocenters. The van der Waals surface area contributed by atoms with Crippen LogP contribution in [0.2, 0.25) is 0 Å². The van der Waals surface area contributed by atoms with Gasteiger partial charge in [-0.15, -0.1) is 0 Å². The fraction of sp³-hybridized carbons (Fsp3) is 0.357. The highest BCUT2D eigenvalue weighted by Crippen LogP contribution is 2.21. The Labute approximate surface area is 102 Å². The maximum atomic E-state index is 10.3. The first-order valence-corrected chi connectivity index (χ1v) is 5.66. The van der Waals surface area contributed by atoms with Crippen molar-refractivity contribution in [2.75, 3.05) is 7.11 Å². The molecule has 0 aliphatic carbocycles. The van der Waals surface area contributed by atoms with Crippen LogP contribution < -0.4 is 4.74 Å². The van der Waals surface area contributed by atoms with Crippen molar-refractivity contribution in [1.82, 2.24) is 0 Å². The van der Waals surface area contributed by atoms with Gasteiger partial charge >= 0.3 is 5.97 Å². The van der Waals surface area contributed by atoms with Crippen molar-refractivity contribution in [3.63, 3.8) is 0 Å². The first-order chi connectivity index (χ1) is 8.13. The standard InChI is InChI=1S/C14H18O3/c1-11-8-9-13(17-2)12(10-11)6-4-3-5-7-14(15)16/h4,6,8-10H,3,5,7H2,1-2H3,(H,15,16)/b6-4+. The molecule has 0 aromatic heterocycles. The van der Waals surface area contributed by atoms with Gasteiger partial charge in [0, 0.05) is 12.0 Å². The second-order valence-corrected chi connectivity index (χ2v) is 3.93. The van der Waals surface area contributed by atoms with Gasteiger partial charge in [0.1, 0.15) is 5.75 Å². The smallest absolute Gasteiger partial charge is 0.303 e. The van der Waals surface area contributed by atoms with Gasteiger partial charge < -0.3 is 9.84 Å². The third-order valence-electron chi connectivity index (χ3n) is 2.44. The summed E-state index contributed by atoms with van der Waals surface area (Å²) in [6, 6.07) is 5.99. The monoisotopic (exact) mass is 234 g/mol. The number of carboxylic acid groups (broad SMARTS) is 1. The number of hydrogen-bond donors (Lipinski definition) is 1. The van der Waals surface area contributed by atoms with E-state index in [0.29, 0.717) is 6.42 Å². The van der Waals surface area contributed by atoms with E-state index in [-0.39, 0.29) is 6.42 Å². The van der Waals surface area contributed by atoms with E-state index >= 15 is 0 Å². The van der Waals surface area contributed by atoms with Crippen LogP contribution in [-0.2, 0) is 4.79 Å². The summed E-state index contributed by atoms with van der Waals surface area (Å²) >= 11 is 0. The number of methoxy groups -OCH3 is 1. The predicted molar refractivity (Wildman–Crippen MR) is 68.3 cm³/mol. The Hall–Kier alpha value is -1.77. The summed E-state index contributed by atoms with van der Waals surface area (Å²) in [6.45, 7) is 2.03. The predicted octanol–water partition coefficient (Wildman–Crippen LogP) is 3.27. The van der Waals surface area contributed by atoms with Gasteiger partial charge in [0.25, 0.3) is 0 Å². The Morgan fingerprint density at radius 2 is 2.24 bits per heavy atom. The van der Waals surface area contributed by atoms with Crippen LogP contribution >= 0.6 is 0 Å². The molecule has 1 rings (SSSR count). The van der Waals surface area contributed by atoms with Crippen molar-refractivity contribution in [3.05, 3.63) is 35.4 Å². The van der Waals surface area contributed by atoms with Gasteiger partial charge in [0.2, 0.25) is 0 Å². The molecule has 1 N–H and O–H groups in total. The number of ether oxygens (including phenoxy) is 1. The number of unbranched alkanes of at least 4 members (excludes halogenated alkanes) is 1. The lowest BCUT2D eigenvalue weighted by Gasteiger charge is -2.05. The van der Waals surface area contributed by atoms with E-state index < -0.39 is 5.97 Å². The van der Waals surface area contributed by atoms with E-state index in [9.17, 15) is 4.79 Å². The summed E-state index contributed by atoms with van der Waals surface area (Å²) in [5.41, 5.74) is 2.21. The third kappa shape index (κ3) is 4.72. The topological polar surface area (TPSA) is 46.5 Å². The first kappa shape index (κ1) is 13.3. The molecule has 0 saturated heterocycles. The molecule has 0 radical (unpaired) electrons. The molecule has 0 aliphatic heterocycles. The third-order valence-corrected chi connectivity index (χ3v) is 2.44. The molecule has 0 bridgehead atoms. The Balaban J connectivity index is 2.57. The number of allylic oxidation sites excluding steroid dienone is 1. The zero-order chi connectivity index (χ0) is 12.7. The number of carbonyl (C=O) groups is 1. The molecule has 0 heterocycles. The minimum absolute atomic E-state index is 0.218. The van der Waals surface area contributed by atoms with Crippen LogP contribution in [0.3, 0.4) is 0 Å². The van der Waals surface area contributed by atoms with Crippen LogP contribution in [-0.4, -0.2) is 18.2 Å². The number of hydrogen-bond acceptors (Lipinski definition) is 2. The maximum Gasteiger partial charge on any atom is 0.303 e. The highest BCUT2D eigenvalue weighted by atomic mass is 16.5. The summed E-state index contributed by atoms with van der Waals surface area (Å²) in [7, 11) is 1.65. The van der Waals surface area contributed by atoms with Crippen LogP contribution in [0.4, 0.5) is 0 Å². The molecule has 0 spiro atoms. The summed E-state index contributed by atoms with van der Waals surface area (Å²) in [5.74, 6) is 0.0941. The average molecular weight is 234 g/mol. The molecule has 0 unspecified atom stereocenters. The quantitative estimate of drug-likeness (QED) is 0.768. The van der Waals surface area contributed by atoms with Crippen molar-refractivity contribution in [2.45, 2.75) is 26.2 Å². The molecule has 3 heteroatoms. The summed E-state index contributed by atoms with van der Waals surface area (Å²) in [5, 5.41) is 8.50. The molecule has 1 aromatic carbocycles. The van der Waals surface area contributed by atoms with Gasteiger partial charge in [-0.05, 0) is 31.9 Å². The lowest BCUT2D eigenvalue weighted by Crippen LogP contribution is -1.92. The van der Waals surface area contributed by atoms with Crippen LogP contribution in [0.15, 0.2) is 24.3 Å². The molecule has 0 fully saturated rings. The normalized spacial score (nSPS) is 10.7. The van der Waals surface area contributed by atoms with E-state index in [0.717, 1.165) is 17.7 Å². The van der Waals surface area contributed by atoms with E-state index in [2.05, 4.69) is 0 Å². The zero-order valence-corrected chi connectivity index (χ0v) is 10.3. The van der Waals surface area contributed by atoms with Gasteiger partial charge in [-0.1, -0.05) is 23.8 Å². The van der Waals surface area contributed by atoms with E-state index in [4.69, 9.17) is 9.84 Å². The highest BCUT2D eigenvalue weighted by Gasteiger charge is 1.99. The Kier molecular flexibility index (Phi) is 5.27. The Morgan fingerprint density at radius 3 is 2.88 bits per heavy atom. The van der Waals surface area contributed by atoms with Gasteiger partial charge in [-0.2, -0.15) is 0 Å². The number of aryl methyl sites for hydroxylation is 1. The van der Waals surface area contributed by atoms with Crippen molar-refractivity contribution >= 4 is 12.0 Å². The van der Waals surface area contributed by atoms with Gasteiger partial charge in [-0.25, -0.2) is 0 Å². The molecule has 0 aliphatic rings. The fourth-order valence-corrected chi connectivity index (χ4v) is 1.57. The number of carboxylic acids is 1. The van der Waals surface area contributed by atoms with Crippen molar-refractivity contribution in [1.29, 1.82) is 0 Å². The molecule has 0 saturated carbocycles. The summed E-state index contributed by atoms with van der Waals surface area (Å²) in [6.07, 6.45) is 5.62. The minimum Gasteiger partial charge on any atom is -0.496 e. The lowest BCUT2D eigenvalue weighted by atomic mass is 10.1. The number of benzene rings is 1. The minimum atomic E-state index is -0.744. The maximum absolute atomic E-state index is 10.3. The molecule has 1 aromatic rings. The second kappa shape index (κ2) is 6.74. The molecule has 92 valence electrons. The lowest BCUT2D eigenvalue weighted by molar-refractivity contribution is -0.137. The van der Waals surface area contributed by atoms with E-state index in [1.807, 2.05) is 37.3 Å². The Morgan fingerprint density at radius 1 is 1.47 bits per heavy atom. The Bertz CT molecular complexity index is 408. The largest absolute Gasteiger partial charge is 0.496 e. The van der Waals surface area contributed by atoms with Crippen LogP contribution in [0, 0.1) is 6.92 Å². The molecular formula is C14H18O3. The zero-order valence-electron chi connectivity index (χ0n) is 10.3. The van der Waals surface area contributed by atoms with Crippen LogP contribution in [0.1, 0.15) is 30.4 Å². The van der Waals surface area contributed by atoms with Crippen molar-refractivity contribution in [3.8, 4) is 5.75 Å². The SMILES string of the molecule is COc1ccc(C)cc1/C=C/CCCC(=O)O. The van der Waals surface area contributed by atoms with E-state index in [1.165, 1.54) is 5.56 Å². The van der Waals surface area contributed by atoms with Crippen molar-refractivity contribution in [2.24, 2.45) is 0 Å². The van der Waals surface area contributed by atoms with Gasteiger partial charge in [0.15, 0.2) is 0 Å². The fourth-order valence-electron chi connectivity index (χ4n) is 1.57. The summed E-state index contributed by atoms with van der Waals surface area (Å²) in [4.78, 5) is 10.3. The highest BCUT2D eigenvalue weighted by molar-refractivity contribution is 5.66. The van der Waals surface area contributed by atoms with Crippen LogP contribution in [0.25, 0.3) is 6.08 Å². The molecule has 3 nitrogen and oxygen atoms in total. The van der Waals surface area contributed by atoms with E-state index in [1.54, 1.807) is 7.11 Å². The van der Waals surface area contributed by atoms with Crippen LogP contribution in [0.5, 0.6) is 5.75 Å². The molecule has 17 heavy (non-hydrogen) atoms. The first-order valence-electron chi connectivity index (χ1n) is 5.66. The second-order valence-electron chi connectivity index (χ2n) is 3.93. The average Bonchev–Trinajstić information content (AvgIpc) is 2.28. The van der Waals surface area contributed by atoms with Gasteiger partial charge in [-0.3, -0.25) is 4.79 Å². The molecule has 0 amide bonds. The number of aliphatic carboxylic acids is 1. The molecular weight excluding hydrogens is 216 g/mol. The van der Waals surface area contributed by atoms with Crippen molar-refractivity contribution < 1.29 is 14.6 Å². The number of rotatable bonds is 6. The summed E-state index contributed by atoms with van der Waals surface area (Å²) < 4.78 is 5.25. The van der Waals surface area contributed by atoms with Gasteiger partial charge in [0.05, 0.1) is 7.11 Å².